The molecule has 0 saturated heterocycles. The molecule has 1 heterocycles. The molecule has 0 aliphatic heterocycles. The van der Waals surface area contributed by atoms with E-state index in [-0.39, 0.29) is 10.6 Å². The van der Waals surface area contributed by atoms with Crippen molar-refractivity contribution in [2.75, 3.05) is 6.61 Å². The van der Waals surface area contributed by atoms with Gasteiger partial charge in [0.2, 0.25) is 5.78 Å². The first-order valence-corrected chi connectivity index (χ1v) is 8.12. The van der Waals surface area contributed by atoms with Gasteiger partial charge in [0, 0.05) is 5.56 Å². The molecule has 0 unspecified atom stereocenters. The maximum absolute atomic E-state index is 12.6. The van der Waals surface area contributed by atoms with Crippen LogP contribution in [0.2, 0.25) is 0 Å². The van der Waals surface area contributed by atoms with Crippen molar-refractivity contribution in [1.82, 2.24) is 4.98 Å². The number of rotatable bonds is 6. The number of ketones is 1. The third kappa shape index (κ3) is 3.95. The number of Topliss-reactive ketones (excluding diaryl/α,β-unsaturated/α-hetero) is 1. The van der Waals surface area contributed by atoms with Gasteiger partial charge in [-0.15, -0.1) is 11.3 Å². The van der Waals surface area contributed by atoms with Gasteiger partial charge >= 0.3 is 6.43 Å². The number of nitrogens with zero attached hydrogens (tertiary/aromatic N) is 2. The highest BCUT2D eigenvalue weighted by molar-refractivity contribution is 7.17. The lowest BCUT2D eigenvalue weighted by molar-refractivity contribution is 0.0682. The number of nitriles is 1. The van der Waals surface area contributed by atoms with Crippen LogP contribution in [0.15, 0.2) is 18.2 Å². The fraction of sp³-hybridized carbons (Fsp3) is 0.353. The molecule has 0 atom stereocenters. The summed E-state index contributed by atoms with van der Waals surface area (Å²) in [6.45, 7) is 6.00. The molecule has 0 N–H and O–H groups in total. The Hall–Kier alpha value is -2.33. The van der Waals surface area contributed by atoms with E-state index in [1.165, 1.54) is 6.92 Å². The molecule has 0 bridgehead atoms. The van der Waals surface area contributed by atoms with Gasteiger partial charge in [-0.3, -0.25) is 4.79 Å². The fourth-order valence-corrected chi connectivity index (χ4v) is 2.98. The van der Waals surface area contributed by atoms with Crippen LogP contribution < -0.4 is 4.74 Å². The topological polar surface area (TPSA) is 63.0 Å². The molecule has 0 radical (unpaired) electrons. The third-order valence-corrected chi connectivity index (χ3v) is 4.36. The molecule has 0 aliphatic carbocycles. The molecule has 4 nitrogen and oxygen atoms in total. The molecule has 0 fully saturated rings. The SMILES string of the molecule is Cc1nc(-c2ccc(OCC(C)C)c(C#N)c2)sc1C(=O)C(F)F. The fourth-order valence-electron chi connectivity index (χ4n) is 1.98. The van der Waals surface area contributed by atoms with Gasteiger partial charge in [0.25, 0.3) is 0 Å². The zero-order valence-corrected chi connectivity index (χ0v) is 14.3. The highest BCUT2D eigenvalue weighted by atomic mass is 32.1. The molecule has 7 heteroatoms. The van der Waals surface area contributed by atoms with E-state index in [1.54, 1.807) is 18.2 Å². The minimum absolute atomic E-state index is 0.0568. The summed E-state index contributed by atoms with van der Waals surface area (Å²) in [5.74, 6) is -0.443. The summed E-state index contributed by atoms with van der Waals surface area (Å²) < 4.78 is 30.8. The van der Waals surface area contributed by atoms with Crippen LogP contribution in [0.3, 0.4) is 0 Å². The van der Waals surface area contributed by atoms with Crippen molar-refractivity contribution in [1.29, 1.82) is 5.26 Å². The van der Waals surface area contributed by atoms with Crippen molar-refractivity contribution in [2.24, 2.45) is 5.92 Å². The van der Waals surface area contributed by atoms with Crippen LogP contribution >= 0.6 is 11.3 Å². The van der Waals surface area contributed by atoms with Crippen LogP contribution in [0.4, 0.5) is 8.78 Å². The van der Waals surface area contributed by atoms with Gasteiger partial charge in [-0.05, 0) is 31.0 Å². The van der Waals surface area contributed by atoms with Gasteiger partial charge in [0.05, 0.1) is 22.7 Å². The molecule has 2 rings (SSSR count). The highest BCUT2D eigenvalue weighted by Gasteiger charge is 2.24. The molecule has 0 saturated carbocycles. The van der Waals surface area contributed by atoms with Gasteiger partial charge in [0.1, 0.15) is 16.8 Å². The molecule has 126 valence electrons. The Kier molecular flexibility index (Phi) is 5.62. The molecule has 1 aromatic carbocycles. The zero-order valence-electron chi connectivity index (χ0n) is 13.5. The second kappa shape index (κ2) is 7.49. The summed E-state index contributed by atoms with van der Waals surface area (Å²) in [5.41, 5.74) is 1.19. The minimum atomic E-state index is -3.06. The molecular formula is C17H16F2N2O2S. The summed E-state index contributed by atoms with van der Waals surface area (Å²) in [4.78, 5) is 15.6. The Balaban J connectivity index is 2.35. The Morgan fingerprint density at radius 3 is 2.71 bits per heavy atom. The van der Waals surface area contributed by atoms with Crippen LogP contribution in [-0.4, -0.2) is 23.8 Å². The van der Waals surface area contributed by atoms with Crippen molar-refractivity contribution in [3.8, 4) is 22.4 Å². The number of carbonyl (C=O) groups excluding carboxylic acids is 1. The molecule has 1 aromatic heterocycles. The number of carbonyl (C=O) groups is 1. The third-order valence-electron chi connectivity index (χ3n) is 3.14. The number of hydrogen-bond acceptors (Lipinski definition) is 5. The average molecular weight is 350 g/mol. The number of hydrogen-bond donors (Lipinski definition) is 0. The number of thiazole rings is 1. The second-order valence-electron chi connectivity index (χ2n) is 5.63. The number of aromatic nitrogens is 1. The normalized spacial score (nSPS) is 10.9. The Labute approximate surface area is 142 Å². The van der Waals surface area contributed by atoms with E-state index in [4.69, 9.17) is 4.74 Å². The van der Waals surface area contributed by atoms with Crippen molar-refractivity contribution in [3.05, 3.63) is 34.3 Å². The Morgan fingerprint density at radius 2 is 2.12 bits per heavy atom. The van der Waals surface area contributed by atoms with Gasteiger partial charge in [-0.25, -0.2) is 13.8 Å². The van der Waals surface area contributed by atoms with Crippen LogP contribution in [0, 0.1) is 24.2 Å². The number of ether oxygens (including phenoxy) is 1. The Morgan fingerprint density at radius 1 is 1.42 bits per heavy atom. The van der Waals surface area contributed by atoms with Crippen molar-refractivity contribution in [3.63, 3.8) is 0 Å². The summed E-state index contributed by atoms with van der Waals surface area (Å²) >= 11 is 0.901. The number of alkyl halides is 2. The lowest BCUT2D eigenvalue weighted by Crippen LogP contribution is -2.09. The summed E-state index contributed by atoms with van der Waals surface area (Å²) in [6.07, 6.45) is -3.06. The quantitative estimate of drug-likeness (QED) is 0.721. The smallest absolute Gasteiger partial charge is 0.301 e. The monoisotopic (exact) mass is 350 g/mol. The van der Waals surface area contributed by atoms with E-state index in [0.29, 0.717) is 34.4 Å². The number of halogens is 2. The molecule has 0 spiro atoms. The zero-order chi connectivity index (χ0) is 17.9. The van der Waals surface area contributed by atoms with Crippen LogP contribution in [0.5, 0.6) is 5.75 Å². The van der Waals surface area contributed by atoms with Crippen LogP contribution in [0.25, 0.3) is 10.6 Å². The van der Waals surface area contributed by atoms with Crippen molar-refractivity contribution < 1.29 is 18.3 Å². The molecule has 2 aromatic rings. The predicted molar refractivity (Wildman–Crippen MR) is 87.7 cm³/mol. The number of aryl methyl sites for hydroxylation is 1. The largest absolute Gasteiger partial charge is 0.492 e. The first-order valence-electron chi connectivity index (χ1n) is 7.30. The van der Waals surface area contributed by atoms with E-state index in [2.05, 4.69) is 11.1 Å². The van der Waals surface area contributed by atoms with Gasteiger partial charge < -0.3 is 4.74 Å². The van der Waals surface area contributed by atoms with Crippen molar-refractivity contribution in [2.45, 2.75) is 27.2 Å². The van der Waals surface area contributed by atoms with Crippen LogP contribution in [0.1, 0.15) is 34.8 Å². The second-order valence-corrected chi connectivity index (χ2v) is 6.63. The molecular weight excluding hydrogens is 334 g/mol. The lowest BCUT2D eigenvalue weighted by atomic mass is 10.1. The van der Waals surface area contributed by atoms with Gasteiger partial charge in [-0.1, -0.05) is 13.8 Å². The standard InChI is InChI=1S/C17H16F2N2O2S/c1-9(2)8-23-13-5-4-11(6-12(13)7-20)17-21-10(3)15(24-17)14(22)16(18)19/h4-6,9,16H,8H2,1-3H3. The predicted octanol–water partition coefficient (Wildman–Crippen LogP) is 4.47. The van der Waals surface area contributed by atoms with Crippen LogP contribution in [-0.2, 0) is 0 Å². The average Bonchev–Trinajstić information content (AvgIpc) is 2.93. The first-order chi connectivity index (χ1) is 11.3. The van der Waals surface area contributed by atoms with Crippen molar-refractivity contribution >= 4 is 17.1 Å². The molecule has 0 aliphatic rings. The summed E-state index contributed by atoms with van der Waals surface area (Å²) in [5, 5.41) is 9.70. The Bertz CT molecular complexity index is 794. The maximum atomic E-state index is 12.6. The van der Waals surface area contributed by atoms with E-state index in [9.17, 15) is 18.8 Å². The summed E-state index contributed by atoms with van der Waals surface area (Å²) in [7, 11) is 0. The lowest BCUT2D eigenvalue weighted by Gasteiger charge is -2.10. The number of benzene rings is 1. The first kappa shape index (κ1) is 18.0. The summed E-state index contributed by atoms with van der Waals surface area (Å²) in [6, 6.07) is 7.00. The molecule has 24 heavy (non-hydrogen) atoms. The minimum Gasteiger partial charge on any atom is -0.492 e. The highest BCUT2D eigenvalue weighted by Crippen LogP contribution is 2.32. The van der Waals surface area contributed by atoms with E-state index < -0.39 is 12.2 Å². The van der Waals surface area contributed by atoms with E-state index in [1.807, 2.05) is 13.8 Å². The van der Waals surface area contributed by atoms with Gasteiger partial charge in [0.15, 0.2) is 0 Å². The van der Waals surface area contributed by atoms with E-state index >= 15 is 0 Å². The maximum Gasteiger partial charge on any atom is 0.301 e. The molecule has 0 amide bonds. The van der Waals surface area contributed by atoms with Gasteiger partial charge in [-0.2, -0.15) is 5.26 Å². The van der Waals surface area contributed by atoms with E-state index in [0.717, 1.165) is 11.3 Å².